The molecule has 152 valence electrons. The lowest BCUT2D eigenvalue weighted by atomic mass is 9.88. The highest BCUT2D eigenvalue weighted by molar-refractivity contribution is 7.89. The van der Waals surface area contributed by atoms with Crippen LogP contribution in [0.2, 0.25) is 0 Å². The zero-order valence-electron chi connectivity index (χ0n) is 16.3. The second-order valence-electron chi connectivity index (χ2n) is 7.50. The zero-order chi connectivity index (χ0) is 20.9. The minimum atomic E-state index is -3.31. The van der Waals surface area contributed by atoms with Crippen LogP contribution >= 0.6 is 0 Å². The van der Waals surface area contributed by atoms with Crippen LogP contribution in [0.4, 0.5) is 0 Å². The number of sulfonamides is 1. The third-order valence-corrected chi connectivity index (χ3v) is 7.61. The fourth-order valence-electron chi connectivity index (χ4n) is 4.23. The number of nitrogens with one attached hydrogen (secondary N) is 1. The lowest BCUT2D eigenvalue weighted by Crippen LogP contribution is -2.64. The molecule has 4 aromatic rings. The van der Waals surface area contributed by atoms with Gasteiger partial charge in [-0.05, 0) is 19.1 Å². The molecule has 5 heterocycles. The summed E-state index contributed by atoms with van der Waals surface area (Å²) in [6, 6.07) is 6.09. The van der Waals surface area contributed by atoms with Gasteiger partial charge in [-0.15, -0.1) is 0 Å². The molecule has 0 saturated carbocycles. The van der Waals surface area contributed by atoms with Crippen LogP contribution in [0.1, 0.15) is 13.3 Å². The molecule has 1 saturated heterocycles. The molecular weight excluding hydrogens is 402 g/mol. The Morgan fingerprint density at radius 1 is 1.27 bits per heavy atom. The lowest BCUT2D eigenvalue weighted by Gasteiger charge is -2.49. The fraction of sp³-hybridized carbons (Fsp3) is 0.300. The minimum absolute atomic E-state index is 0.0429. The van der Waals surface area contributed by atoms with Crippen LogP contribution in [0.25, 0.3) is 33.2 Å². The van der Waals surface area contributed by atoms with Crippen LogP contribution < -0.4 is 0 Å². The lowest BCUT2D eigenvalue weighted by molar-refractivity contribution is 0.0893. The first-order chi connectivity index (χ1) is 14.5. The van der Waals surface area contributed by atoms with Crippen molar-refractivity contribution in [1.29, 1.82) is 5.26 Å². The van der Waals surface area contributed by atoms with Crippen molar-refractivity contribution in [2.75, 3.05) is 18.8 Å². The van der Waals surface area contributed by atoms with E-state index in [1.165, 1.54) is 10.6 Å². The molecule has 0 spiro atoms. The number of fused-ring (bicyclic) bond motifs is 2. The van der Waals surface area contributed by atoms with Crippen molar-refractivity contribution < 1.29 is 8.42 Å². The molecule has 9 nitrogen and oxygen atoms in total. The number of pyridine rings is 1. The van der Waals surface area contributed by atoms with Gasteiger partial charge in [0.15, 0.2) is 0 Å². The van der Waals surface area contributed by atoms with Crippen molar-refractivity contribution in [1.82, 2.24) is 28.8 Å². The van der Waals surface area contributed by atoms with Crippen molar-refractivity contribution in [2.24, 2.45) is 0 Å². The van der Waals surface area contributed by atoms with Gasteiger partial charge in [0.1, 0.15) is 12.0 Å². The van der Waals surface area contributed by atoms with Crippen molar-refractivity contribution in [3.63, 3.8) is 0 Å². The maximum absolute atomic E-state index is 12.3. The third kappa shape index (κ3) is 2.63. The average molecular weight is 421 g/mol. The molecule has 5 rings (SSSR count). The topological polar surface area (TPSA) is 121 Å². The SMILES string of the molecule is CCS(=O)(=O)N1CC(CC#N)(n2cc(-c3ncnc4[nH]ccc34)c3ccncc32)C1. The first-order valence-electron chi connectivity index (χ1n) is 9.58. The summed E-state index contributed by atoms with van der Waals surface area (Å²) < 4.78 is 28.1. The van der Waals surface area contributed by atoms with Crippen LogP contribution in [0, 0.1) is 11.3 Å². The van der Waals surface area contributed by atoms with E-state index in [1.54, 1.807) is 19.3 Å². The van der Waals surface area contributed by atoms with Crippen LogP contribution in [0.15, 0.2) is 43.2 Å². The zero-order valence-corrected chi connectivity index (χ0v) is 17.1. The molecular formula is C20H19N7O2S. The van der Waals surface area contributed by atoms with E-state index in [0.717, 1.165) is 33.2 Å². The minimum Gasteiger partial charge on any atom is -0.346 e. The van der Waals surface area contributed by atoms with Crippen LogP contribution in [0.5, 0.6) is 0 Å². The number of nitriles is 1. The molecule has 1 aliphatic heterocycles. The van der Waals surface area contributed by atoms with Gasteiger partial charge in [-0.25, -0.2) is 18.4 Å². The molecule has 0 bridgehead atoms. The van der Waals surface area contributed by atoms with Gasteiger partial charge in [0, 0.05) is 48.0 Å². The Kier molecular flexibility index (Phi) is 4.13. The Labute approximate surface area is 173 Å². The van der Waals surface area contributed by atoms with E-state index < -0.39 is 15.6 Å². The first kappa shape index (κ1) is 18.7. The highest BCUT2D eigenvalue weighted by Gasteiger charge is 2.49. The van der Waals surface area contributed by atoms with E-state index in [-0.39, 0.29) is 25.3 Å². The largest absolute Gasteiger partial charge is 0.346 e. The predicted octanol–water partition coefficient (Wildman–Crippen LogP) is 2.25. The van der Waals surface area contributed by atoms with Gasteiger partial charge < -0.3 is 9.55 Å². The Morgan fingerprint density at radius 2 is 2.10 bits per heavy atom. The summed E-state index contributed by atoms with van der Waals surface area (Å²) in [4.78, 5) is 16.2. The fourth-order valence-corrected chi connectivity index (χ4v) is 5.47. The summed E-state index contributed by atoms with van der Waals surface area (Å²) in [6.45, 7) is 2.15. The van der Waals surface area contributed by atoms with E-state index in [0.29, 0.717) is 0 Å². The normalized spacial score (nSPS) is 16.5. The molecule has 0 unspecified atom stereocenters. The van der Waals surface area contributed by atoms with E-state index >= 15 is 0 Å². The molecule has 1 N–H and O–H groups in total. The van der Waals surface area contributed by atoms with Crippen LogP contribution in [-0.4, -0.2) is 56.1 Å². The maximum atomic E-state index is 12.3. The monoisotopic (exact) mass is 421 g/mol. The summed E-state index contributed by atoms with van der Waals surface area (Å²) in [5.41, 5.74) is 2.62. The van der Waals surface area contributed by atoms with Crippen LogP contribution in [0.3, 0.4) is 0 Å². The third-order valence-electron chi connectivity index (χ3n) is 5.84. The molecule has 10 heteroatoms. The van der Waals surface area contributed by atoms with Gasteiger partial charge in [0.2, 0.25) is 10.0 Å². The molecule has 0 atom stereocenters. The number of aromatic amines is 1. The number of hydrogen-bond acceptors (Lipinski definition) is 6. The second kappa shape index (κ2) is 6.62. The first-order valence-corrected chi connectivity index (χ1v) is 11.2. The predicted molar refractivity (Wildman–Crippen MR) is 112 cm³/mol. The average Bonchev–Trinajstić information content (AvgIpc) is 3.35. The molecule has 1 aliphatic rings. The Morgan fingerprint density at radius 3 is 2.87 bits per heavy atom. The van der Waals surface area contributed by atoms with Gasteiger partial charge in [-0.2, -0.15) is 9.57 Å². The van der Waals surface area contributed by atoms with Gasteiger partial charge in [0.05, 0.1) is 41.2 Å². The highest BCUT2D eigenvalue weighted by atomic mass is 32.2. The van der Waals surface area contributed by atoms with Crippen molar-refractivity contribution in [3.8, 4) is 17.3 Å². The smallest absolute Gasteiger partial charge is 0.213 e. The second-order valence-corrected chi connectivity index (χ2v) is 9.75. The van der Waals surface area contributed by atoms with Crippen molar-refractivity contribution in [3.05, 3.63) is 43.2 Å². The van der Waals surface area contributed by atoms with E-state index in [4.69, 9.17) is 0 Å². The van der Waals surface area contributed by atoms with E-state index in [2.05, 4.69) is 26.0 Å². The summed E-state index contributed by atoms with van der Waals surface area (Å²) in [5, 5.41) is 11.4. The van der Waals surface area contributed by atoms with E-state index in [1.807, 2.05) is 29.1 Å². The van der Waals surface area contributed by atoms with Crippen LogP contribution in [-0.2, 0) is 15.6 Å². The highest BCUT2D eigenvalue weighted by Crippen LogP contribution is 2.41. The van der Waals surface area contributed by atoms with E-state index in [9.17, 15) is 13.7 Å². The van der Waals surface area contributed by atoms with Gasteiger partial charge in [0.25, 0.3) is 0 Å². The number of hydrogen-bond donors (Lipinski definition) is 1. The van der Waals surface area contributed by atoms with Crippen molar-refractivity contribution >= 4 is 32.0 Å². The maximum Gasteiger partial charge on any atom is 0.213 e. The number of aromatic nitrogens is 5. The summed E-state index contributed by atoms with van der Waals surface area (Å²) in [5.74, 6) is 0.0429. The quantitative estimate of drug-likeness (QED) is 0.528. The molecule has 0 amide bonds. The van der Waals surface area contributed by atoms with Crippen molar-refractivity contribution in [2.45, 2.75) is 18.9 Å². The molecule has 4 aromatic heterocycles. The Hall–Kier alpha value is -3.29. The summed E-state index contributed by atoms with van der Waals surface area (Å²) in [7, 11) is -3.31. The molecule has 0 aliphatic carbocycles. The van der Waals surface area contributed by atoms with Gasteiger partial charge in [-0.3, -0.25) is 4.98 Å². The molecule has 0 radical (unpaired) electrons. The standard InChI is InChI=1S/C20H19N7O2S/c1-2-30(28,29)26-11-20(12-26,5-6-21)27-10-16(14-3-7-22-9-17(14)27)18-15-4-8-23-19(15)25-13-24-18/h3-4,7-10,13H,2,5,11-12H2,1H3,(H,23,24,25). The number of H-pyrrole nitrogens is 1. The van der Waals surface area contributed by atoms with Gasteiger partial charge >= 0.3 is 0 Å². The number of rotatable bonds is 5. The molecule has 30 heavy (non-hydrogen) atoms. The van der Waals surface area contributed by atoms with Gasteiger partial charge in [-0.1, -0.05) is 0 Å². The summed E-state index contributed by atoms with van der Waals surface area (Å²) in [6.07, 6.45) is 8.98. The molecule has 0 aromatic carbocycles. The Balaban J connectivity index is 1.70. The molecule has 1 fully saturated rings. The summed E-state index contributed by atoms with van der Waals surface area (Å²) >= 11 is 0. The Bertz CT molecular complexity index is 1410. The number of nitrogens with zero attached hydrogens (tertiary/aromatic N) is 6.